The highest BCUT2D eigenvalue weighted by atomic mass is 16.5. The number of carboxylic acid groups (broad SMARTS) is 1. The smallest absolute Gasteiger partial charge is 0.336 e. The number of aromatic carboxylic acids is 1. The first-order valence-electron chi connectivity index (χ1n) is 8.01. The van der Waals surface area contributed by atoms with Crippen LogP contribution in [0.3, 0.4) is 0 Å². The molecule has 26 heavy (non-hydrogen) atoms. The van der Waals surface area contributed by atoms with Gasteiger partial charge in [-0.25, -0.2) is 4.79 Å². The van der Waals surface area contributed by atoms with Gasteiger partial charge in [-0.1, -0.05) is 24.3 Å². The van der Waals surface area contributed by atoms with Crippen molar-refractivity contribution in [3.05, 3.63) is 89.5 Å². The predicted molar refractivity (Wildman–Crippen MR) is 99.0 cm³/mol. The standard InChI is InChI=1S/C21H17NO4/c1-14-7-10-16(13-19(14)21(24)25)22-20(23)15-8-11-18(12-9-15)26-17-5-3-2-4-6-17/h2-13H,1H3,(H,22,23)(H,24,25). The van der Waals surface area contributed by atoms with Crippen LogP contribution in [0, 0.1) is 6.92 Å². The van der Waals surface area contributed by atoms with Gasteiger partial charge in [-0.05, 0) is 61.0 Å². The van der Waals surface area contributed by atoms with E-state index in [1.165, 1.54) is 6.07 Å². The lowest BCUT2D eigenvalue weighted by molar-refractivity contribution is 0.0695. The van der Waals surface area contributed by atoms with E-state index in [1.807, 2.05) is 30.3 Å². The minimum Gasteiger partial charge on any atom is -0.478 e. The number of ether oxygens (including phenoxy) is 1. The van der Waals surface area contributed by atoms with Crippen LogP contribution in [-0.4, -0.2) is 17.0 Å². The molecule has 0 heterocycles. The lowest BCUT2D eigenvalue weighted by atomic mass is 10.1. The molecule has 3 aromatic carbocycles. The number of rotatable bonds is 5. The number of aryl methyl sites for hydroxylation is 1. The summed E-state index contributed by atoms with van der Waals surface area (Å²) in [4.78, 5) is 23.5. The second-order valence-electron chi connectivity index (χ2n) is 5.73. The molecule has 0 spiro atoms. The summed E-state index contributed by atoms with van der Waals surface area (Å²) < 4.78 is 5.69. The molecule has 0 aliphatic rings. The highest BCUT2D eigenvalue weighted by molar-refractivity contribution is 6.05. The summed E-state index contributed by atoms with van der Waals surface area (Å²) in [5.41, 5.74) is 1.68. The van der Waals surface area contributed by atoms with E-state index in [1.54, 1.807) is 43.3 Å². The first kappa shape index (κ1) is 17.2. The van der Waals surface area contributed by atoms with Gasteiger partial charge in [0.05, 0.1) is 5.56 Å². The number of para-hydroxylation sites is 1. The van der Waals surface area contributed by atoms with E-state index in [2.05, 4.69) is 5.32 Å². The van der Waals surface area contributed by atoms with Crippen molar-refractivity contribution in [2.75, 3.05) is 5.32 Å². The lowest BCUT2D eigenvalue weighted by Gasteiger charge is -2.09. The molecule has 0 saturated carbocycles. The Morgan fingerprint density at radius 1 is 0.885 bits per heavy atom. The minimum absolute atomic E-state index is 0.161. The van der Waals surface area contributed by atoms with Gasteiger partial charge in [0.2, 0.25) is 0 Å². The average Bonchev–Trinajstić information content (AvgIpc) is 2.64. The molecule has 5 heteroatoms. The van der Waals surface area contributed by atoms with Crippen LogP contribution in [0.1, 0.15) is 26.3 Å². The molecule has 0 saturated heterocycles. The average molecular weight is 347 g/mol. The van der Waals surface area contributed by atoms with E-state index < -0.39 is 5.97 Å². The molecule has 0 radical (unpaired) electrons. The summed E-state index contributed by atoms with van der Waals surface area (Å²) in [6, 6.07) is 20.9. The van der Waals surface area contributed by atoms with Crippen LogP contribution in [0.5, 0.6) is 11.5 Å². The maximum Gasteiger partial charge on any atom is 0.336 e. The molecule has 3 aromatic rings. The molecular formula is C21H17NO4. The van der Waals surface area contributed by atoms with E-state index in [0.717, 1.165) is 0 Å². The van der Waals surface area contributed by atoms with Crippen LogP contribution in [0.2, 0.25) is 0 Å². The SMILES string of the molecule is Cc1ccc(NC(=O)c2ccc(Oc3ccccc3)cc2)cc1C(=O)O. The number of carbonyl (C=O) groups excluding carboxylic acids is 1. The molecule has 0 fully saturated rings. The van der Waals surface area contributed by atoms with E-state index in [4.69, 9.17) is 9.84 Å². The molecule has 0 aliphatic carbocycles. The third-order valence-electron chi connectivity index (χ3n) is 3.82. The third kappa shape index (κ3) is 4.08. The van der Waals surface area contributed by atoms with Gasteiger partial charge in [0.15, 0.2) is 0 Å². The fraction of sp³-hybridized carbons (Fsp3) is 0.0476. The number of nitrogens with one attached hydrogen (secondary N) is 1. The fourth-order valence-corrected chi connectivity index (χ4v) is 2.43. The van der Waals surface area contributed by atoms with E-state index in [9.17, 15) is 9.59 Å². The van der Waals surface area contributed by atoms with Crippen molar-refractivity contribution in [2.45, 2.75) is 6.92 Å². The molecule has 130 valence electrons. The van der Waals surface area contributed by atoms with E-state index >= 15 is 0 Å². The van der Waals surface area contributed by atoms with Gasteiger partial charge in [-0.3, -0.25) is 4.79 Å². The topological polar surface area (TPSA) is 75.6 Å². The number of amides is 1. The summed E-state index contributed by atoms with van der Waals surface area (Å²) in [6.45, 7) is 1.71. The van der Waals surface area contributed by atoms with Crippen molar-refractivity contribution in [1.29, 1.82) is 0 Å². The number of carboxylic acids is 1. The zero-order valence-electron chi connectivity index (χ0n) is 14.1. The predicted octanol–water partition coefficient (Wildman–Crippen LogP) is 4.74. The van der Waals surface area contributed by atoms with Crippen molar-refractivity contribution >= 4 is 17.6 Å². The number of hydrogen-bond acceptors (Lipinski definition) is 3. The van der Waals surface area contributed by atoms with Crippen molar-refractivity contribution in [3.8, 4) is 11.5 Å². The molecule has 0 aliphatic heterocycles. The molecular weight excluding hydrogens is 330 g/mol. The van der Waals surface area contributed by atoms with Gasteiger partial charge in [-0.2, -0.15) is 0 Å². The zero-order chi connectivity index (χ0) is 18.5. The van der Waals surface area contributed by atoms with Crippen molar-refractivity contribution in [1.82, 2.24) is 0 Å². The summed E-state index contributed by atoms with van der Waals surface area (Å²) in [5, 5.41) is 11.9. The number of carbonyl (C=O) groups is 2. The lowest BCUT2D eigenvalue weighted by Crippen LogP contribution is -2.12. The normalized spacial score (nSPS) is 10.2. The van der Waals surface area contributed by atoms with Gasteiger partial charge in [-0.15, -0.1) is 0 Å². The number of benzene rings is 3. The van der Waals surface area contributed by atoms with Crippen LogP contribution in [-0.2, 0) is 0 Å². The Morgan fingerprint density at radius 2 is 1.54 bits per heavy atom. The van der Waals surface area contributed by atoms with E-state index in [0.29, 0.717) is 28.3 Å². The van der Waals surface area contributed by atoms with Crippen LogP contribution < -0.4 is 10.1 Å². The second kappa shape index (κ2) is 7.53. The molecule has 2 N–H and O–H groups in total. The molecule has 3 rings (SSSR count). The molecule has 0 atom stereocenters. The van der Waals surface area contributed by atoms with Gasteiger partial charge in [0.25, 0.3) is 5.91 Å². The second-order valence-corrected chi connectivity index (χ2v) is 5.73. The van der Waals surface area contributed by atoms with Crippen LogP contribution >= 0.6 is 0 Å². The highest BCUT2D eigenvalue weighted by Gasteiger charge is 2.11. The van der Waals surface area contributed by atoms with Gasteiger partial charge in [0.1, 0.15) is 11.5 Å². The molecule has 0 aromatic heterocycles. The fourth-order valence-electron chi connectivity index (χ4n) is 2.43. The minimum atomic E-state index is -1.03. The Bertz CT molecular complexity index is 934. The molecule has 0 bridgehead atoms. The Labute approximate surface area is 150 Å². The van der Waals surface area contributed by atoms with Gasteiger partial charge in [0, 0.05) is 11.3 Å². The number of anilines is 1. The van der Waals surface area contributed by atoms with Crippen LogP contribution in [0.15, 0.2) is 72.8 Å². The third-order valence-corrected chi connectivity index (χ3v) is 3.82. The Morgan fingerprint density at radius 3 is 2.19 bits per heavy atom. The van der Waals surface area contributed by atoms with E-state index in [-0.39, 0.29) is 11.5 Å². The first-order chi connectivity index (χ1) is 12.5. The van der Waals surface area contributed by atoms with Crippen molar-refractivity contribution < 1.29 is 19.4 Å². The highest BCUT2D eigenvalue weighted by Crippen LogP contribution is 2.22. The Hall–Kier alpha value is -3.60. The number of hydrogen-bond donors (Lipinski definition) is 2. The quantitative estimate of drug-likeness (QED) is 0.699. The monoisotopic (exact) mass is 347 g/mol. The Kier molecular flexibility index (Phi) is 4.99. The Balaban J connectivity index is 1.70. The molecule has 1 amide bonds. The van der Waals surface area contributed by atoms with Crippen molar-refractivity contribution in [2.24, 2.45) is 0 Å². The molecule has 0 unspecified atom stereocenters. The van der Waals surface area contributed by atoms with Crippen LogP contribution in [0.4, 0.5) is 5.69 Å². The molecule has 5 nitrogen and oxygen atoms in total. The maximum absolute atomic E-state index is 12.4. The van der Waals surface area contributed by atoms with Crippen molar-refractivity contribution in [3.63, 3.8) is 0 Å². The summed E-state index contributed by atoms with van der Waals surface area (Å²) in [6.07, 6.45) is 0. The van der Waals surface area contributed by atoms with Crippen LogP contribution in [0.25, 0.3) is 0 Å². The summed E-state index contributed by atoms with van der Waals surface area (Å²) >= 11 is 0. The maximum atomic E-state index is 12.4. The zero-order valence-corrected chi connectivity index (χ0v) is 14.1. The summed E-state index contributed by atoms with van der Waals surface area (Å²) in [5.74, 6) is -0.0146. The largest absolute Gasteiger partial charge is 0.478 e. The first-order valence-corrected chi connectivity index (χ1v) is 8.01. The summed E-state index contributed by atoms with van der Waals surface area (Å²) in [7, 11) is 0. The van der Waals surface area contributed by atoms with Gasteiger partial charge >= 0.3 is 5.97 Å². The van der Waals surface area contributed by atoms with Gasteiger partial charge < -0.3 is 15.2 Å².